The number of hydrogen-bond acceptors (Lipinski definition) is 3. The number of aryl methyl sites for hydroxylation is 1. The van der Waals surface area contributed by atoms with Crippen molar-refractivity contribution in [2.45, 2.75) is 25.8 Å². The quantitative estimate of drug-likeness (QED) is 0.528. The van der Waals surface area contributed by atoms with Crippen LogP contribution in [0.4, 0.5) is 11.4 Å². The number of carbonyl (C=O) groups excluding carboxylic acids is 2. The summed E-state index contributed by atoms with van der Waals surface area (Å²) in [6.07, 6.45) is 0.922. The van der Waals surface area contributed by atoms with Crippen molar-refractivity contribution in [1.29, 1.82) is 0 Å². The Morgan fingerprint density at radius 3 is 2.28 bits per heavy atom. The first-order valence-corrected chi connectivity index (χ1v) is 9.62. The van der Waals surface area contributed by atoms with Gasteiger partial charge in [-0.3, -0.25) is 9.59 Å². The van der Waals surface area contributed by atoms with Gasteiger partial charge < -0.3 is 16.4 Å². The van der Waals surface area contributed by atoms with Crippen molar-refractivity contribution in [3.63, 3.8) is 0 Å². The number of anilines is 2. The SMILES string of the molecule is CC(NC(=O)c1ccccc1NC(=O)CCc1ccc(N)cc1)c1ccccc1. The van der Waals surface area contributed by atoms with Crippen molar-refractivity contribution in [3.8, 4) is 0 Å². The Kier molecular flexibility index (Phi) is 6.63. The molecule has 148 valence electrons. The molecule has 0 saturated heterocycles. The molecule has 0 saturated carbocycles. The fourth-order valence-corrected chi connectivity index (χ4v) is 3.04. The molecule has 29 heavy (non-hydrogen) atoms. The molecule has 0 spiro atoms. The van der Waals surface area contributed by atoms with Gasteiger partial charge in [0.15, 0.2) is 0 Å². The Morgan fingerprint density at radius 2 is 1.55 bits per heavy atom. The van der Waals surface area contributed by atoms with Gasteiger partial charge >= 0.3 is 0 Å². The van der Waals surface area contributed by atoms with E-state index in [1.807, 2.05) is 61.5 Å². The highest BCUT2D eigenvalue weighted by Gasteiger charge is 2.16. The number of nitrogens with two attached hydrogens (primary N) is 1. The zero-order valence-electron chi connectivity index (χ0n) is 16.4. The molecule has 3 aromatic rings. The highest BCUT2D eigenvalue weighted by Crippen LogP contribution is 2.18. The lowest BCUT2D eigenvalue weighted by Crippen LogP contribution is -2.28. The van der Waals surface area contributed by atoms with Crippen LogP contribution in [-0.2, 0) is 11.2 Å². The fourth-order valence-electron chi connectivity index (χ4n) is 3.04. The van der Waals surface area contributed by atoms with Gasteiger partial charge in [-0.15, -0.1) is 0 Å². The Labute approximate surface area is 170 Å². The van der Waals surface area contributed by atoms with Crippen molar-refractivity contribution in [2.75, 3.05) is 11.1 Å². The van der Waals surface area contributed by atoms with Gasteiger partial charge in [0.2, 0.25) is 5.91 Å². The van der Waals surface area contributed by atoms with Gasteiger partial charge in [0.1, 0.15) is 0 Å². The number of rotatable bonds is 7. The Hall–Kier alpha value is -3.60. The number of nitrogens with one attached hydrogen (secondary N) is 2. The third-order valence-corrected chi connectivity index (χ3v) is 4.71. The molecule has 3 aromatic carbocycles. The molecule has 0 heterocycles. The van der Waals surface area contributed by atoms with Crippen LogP contribution in [0.5, 0.6) is 0 Å². The Morgan fingerprint density at radius 1 is 0.897 bits per heavy atom. The first-order chi connectivity index (χ1) is 14.0. The molecular weight excluding hydrogens is 362 g/mol. The summed E-state index contributed by atoms with van der Waals surface area (Å²) in [7, 11) is 0. The van der Waals surface area contributed by atoms with Crippen LogP contribution in [0.2, 0.25) is 0 Å². The number of hydrogen-bond donors (Lipinski definition) is 3. The maximum absolute atomic E-state index is 12.8. The number of benzene rings is 3. The van der Waals surface area contributed by atoms with Gasteiger partial charge in [0.25, 0.3) is 5.91 Å². The maximum Gasteiger partial charge on any atom is 0.253 e. The number of amides is 2. The third-order valence-electron chi connectivity index (χ3n) is 4.71. The van der Waals surface area contributed by atoms with E-state index in [0.717, 1.165) is 11.1 Å². The summed E-state index contributed by atoms with van der Waals surface area (Å²) >= 11 is 0. The predicted molar refractivity (Wildman–Crippen MR) is 117 cm³/mol. The second-order valence-corrected chi connectivity index (χ2v) is 6.94. The molecule has 1 atom stereocenters. The van der Waals surface area contributed by atoms with Crippen molar-refractivity contribution in [3.05, 3.63) is 95.6 Å². The Bertz CT molecular complexity index is 969. The van der Waals surface area contributed by atoms with E-state index in [4.69, 9.17) is 5.73 Å². The van der Waals surface area contributed by atoms with Gasteiger partial charge in [0, 0.05) is 12.1 Å². The average molecular weight is 387 g/mol. The first-order valence-electron chi connectivity index (χ1n) is 9.62. The molecule has 1 unspecified atom stereocenters. The van der Waals surface area contributed by atoms with E-state index < -0.39 is 0 Å². The maximum atomic E-state index is 12.8. The molecule has 0 bridgehead atoms. The van der Waals surface area contributed by atoms with E-state index in [-0.39, 0.29) is 17.9 Å². The van der Waals surface area contributed by atoms with E-state index in [1.54, 1.807) is 24.3 Å². The largest absolute Gasteiger partial charge is 0.399 e. The number of para-hydroxylation sites is 1. The number of nitrogen functional groups attached to an aromatic ring is 1. The van der Waals surface area contributed by atoms with Crippen LogP contribution in [0.3, 0.4) is 0 Å². The van der Waals surface area contributed by atoms with Crippen molar-refractivity contribution in [2.24, 2.45) is 0 Å². The third kappa shape index (κ3) is 5.69. The number of carbonyl (C=O) groups is 2. The lowest BCUT2D eigenvalue weighted by Gasteiger charge is -2.16. The second-order valence-electron chi connectivity index (χ2n) is 6.94. The van der Waals surface area contributed by atoms with Crippen molar-refractivity contribution in [1.82, 2.24) is 5.32 Å². The highest BCUT2D eigenvalue weighted by atomic mass is 16.2. The summed E-state index contributed by atoms with van der Waals surface area (Å²) in [6.45, 7) is 1.93. The zero-order chi connectivity index (χ0) is 20.6. The van der Waals surface area contributed by atoms with E-state index in [1.165, 1.54) is 0 Å². The summed E-state index contributed by atoms with van der Waals surface area (Å²) in [6, 6.07) is 24.1. The lowest BCUT2D eigenvalue weighted by atomic mass is 10.1. The molecule has 0 aliphatic rings. The summed E-state index contributed by atoms with van der Waals surface area (Å²) < 4.78 is 0. The standard InChI is InChI=1S/C24H25N3O2/c1-17(19-7-3-2-4-8-19)26-24(29)21-9-5-6-10-22(21)27-23(28)16-13-18-11-14-20(25)15-12-18/h2-12,14-15,17H,13,16,25H2,1H3,(H,26,29)(H,27,28). The average Bonchev–Trinajstić information content (AvgIpc) is 2.74. The monoisotopic (exact) mass is 387 g/mol. The molecule has 0 radical (unpaired) electrons. The minimum atomic E-state index is -0.226. The van der Waals surface area contributed by atoms with Crippen LogP contribution in [0, 0.1) is 0 Å². The minimum Gasteiger partial charge on any atom is -0.399 e. The molecule has 0 aliphatic heterocycles. The van der Waals surface area contributed by atoms with Gasteiger partial charge in [-0.25, -0.2) is 0 Å². The van der Waals surface area contributed by atoms with Gasteiger partial charge in [0.05, 0.1) is 17.3 Å². The molecule has 0 fully saturated rings. The lowest BCUT2D eigenvalue weighted by molar-refractivity contribution is -0.116. The topological polar surface area (TPSA) is 84.2 Å². The van der Waals surface area contributed by atoms with Crippen LogP contribution < -0.4 is 16.4 Å². The molecule has 0 aromatic heterocycles. The summed E-state index contributed by atoms with van der Waals surface area (Å²) in [5.41, 5.74) is 9.39. The van der Waals surface area contributed by atoms with Crippen LogP contribution in [0.15, 0.2) is 78.9 Å². The van der Waals surface area contributed by atoms with E-state index in [0.29, 0.717) is 29.8 Å². The predicted octanol–water partition coefficient (Wildman–Crippen LogP) is 4.33. The smallest absolute Gasteiger partial charge is 0.253 e. The molecule has 4 N–H and O–H groups in total. The van der Waals surface area contributed by atoms with Crippen molar-refractivity contribution >= 4 is 23.2 Å². The molecular formula is C24H25N3O2. The van der Waals surface area contributed by atoms with Crippen LogP contribution in [0.25, 0.3) is 0 Å². The summed E-state index contributed by atoms with van der Waals surface area (Å²) in [5, 5.41) is 5.85. The Balaban J connectivity index is 1.62. The van der Waals surface area contributed by atoms with Gasteiger partial charge in [-0.1, -0.05) is 54.6 Å². The van der Waals surface area contributed by atoms with E-state index in [9.17, 15) is 9.59 Å². The zero-order valence-corrected chi connectivity index (χ0v) is 16.4. The first kappa shape index (κ1) is 20.1. The second kappa shape index (κ2) is 9.55. The molecule has 5 heteroatoms. The van der Waals surface area contributed by atoms with Crippen LogP contribution in [-0.4, -0.2) is 11.8 Å². The normalized spacial score (nSPS) is 11.5. The highest BCUT2D eigenvalue weighted by molar-refractivity contribution is 6.03. The van der Waals surface area contributed by atoms with E-state index in [2.05, 4.69) is 10.6 Å². The fraction of sp³-hybridized carbons (Fsp3) is 0.167. The summed E-state index contributed by atoms with van der Waals surface area (Å²) in [5.74, 6) is -0.367. The van der Waals surface area contributed by atoms with Gasteiger partial charge in [-0.2, -0.15) is 0 Å². The van der Waals surface area contributed by atoms with Crippen molar-refractivity contribution < 1.29 is 9.59 Å². The summed E-state index contributed by atoms with van der Waals surface area (Å²) in [4.78, 5) is 25.2. The minimum absolute atomic E-state index is 0.141. The molecule has 2 amide bonds. The van der Waals surface area contributed by atoms with Crippen LogP contribution in [0.1, 0.15) is 40.9 Å². The van der Waals surface area contributed by atoms with Gasteiger partial charge in [-0.05, 0) is 48.7 Å². The van der Waals surface area contributed by atoms with Crippen LogP contribution >= 0.6 is 0 Å². The molecule has 5 nitrogen and oxygen atoms in total. The molecule has 0 aliphatic carbocycles. The molecule has 3 rings (SSSR count). The van der Waals surface area contributed by atoms with E-state index >= 15 is 0 Å².